The van der Waals surface area contributed by atoms with Crippen LogP contribution in [-0.4, -0.2) is 54.1 Å². The first-order valence-electron chi connectivity index (χ1n) is 8.42. The third kappa shape index (κ3) is 3.49. The van der Waals surface area contributed by atoms with Crippen LogP contribution in [0.15, 0.2) is 30.3 Å². The number of rotatable bonds is 5. The number of carbonyl (C=O) groups is 1. The molecule has 8 nitrogen and oxygen atoms in total. The van der Waals surface area contributed by atoms with Crippen LogP contribution in [0, 0.1) is 0 Å². The molecule has 1 aromatic heterocycles. The van der Waals surface area contributed by atoms with Gasteiger partial charge in [-0.2, -0.15) is 0 Å². The van der Waals surface area contributed by atoms with Gasteiger partial charge in [0.15, 0.2) is 11.5 Å². The molecule has 1 atom stereocenters. The number of hydrogen-bond acceptors (Lipinski definition) is 7. The van der Waals surface area contributed by atoms with E-state index in [0.717, 1.165) is 17.7 Å². The maximum Gasteiger partial charge on any atom is 0.233 e. The second-order valence-corrected chi connectivity index (χ2v) is 6.15. The third-order valence-corrected chi connectivity index (χ3v) is 4.40. The van der Waals surface area contributed by atoms with Gasteiger partial charge in [0.05, 0.1) is 20.1 Å². The van der Waals surface area contributed by atoms with Crippen molar-refractivity contribution in [3.8, 4) is 23.3 Å². The fourth-order valence-electron chi connectivity index (χ4n) is 3.04. The van der Waals surface area contributed by atoms with Crippen molar-refractivity contribution in [3.05, 3.63) is 35.9 Å². The van der Waals surface area contributed by atoms with Gasteiger partial charge in [-0.25, -0.2) is 0 Å². The number of aromatic nitrogens is 2. The standard InChI is InChI=1S/C18H19N3O5/c1-23-16-4-5-17(20-19-16)26-13-6-7-21(10-13)18(22)9-12-2-3-14-15(8-12)25-11-24-14/h2-5,8,13H,6-7,9-11H2,1H3. The topological polar surface area (TPSA) is 83.0 Å². The highest BCUT2D eigenvalue weighted by Gasteiger charge is 2.28. The molecule has 0 radical (unpaired) electrons. The number of nitrogens with zero attached hydrogens (tertiary/aromatic N) is 3. The number of carbonyl (C=O) groups excluding carboxylic acids is 1. The summed E-state index contributed by atoms with van der Waals surface area (Å²) in [5.41, 5.74) is 0.907. The summed E-state index contributed by atoms with van der Waals surface area (Å²) in [7, 11) is 1.53. The molecule has 3 heterocycles. The Morgan fingerprint density at radius 1 is 1.19 bits per heavy atom. The molecule has 26 heavy (non-hydrogen) atoms. The molecular weight excluding hydrogens is 338 g/mol. The molecule has 1 aromatic carbocycles. The molecule has 1 amide bonds. The summed E-state index contributed by atoms with van der Waals surface area (Å²) in [6, 6.07) is 8.99. The van der Waals surface area contributed by atoms with E-state index in [2.05, 4.69) is 10.2 Å². The summed E-state index contributed by atoms with van der Waals surface area (Å²) in [5, 5.41) is 7.84. The lowest BCUT2D eigenvalue weighted by Crippen LogP contribution is -2.32. The number of hydrogen-bond donors (Lipinski definition) is 0. The Labute approximate surface area is 150 Å². The predicted molar refractivity (Wildman–Crippen MR) is 90.5 cm³/mol. The zero-order valence-corrected chi connectivity index (χ0v) is 14.4. The summed E-state index contributed by atoms with van der Waals surface area (Å²) in [4.78, 5) is 14.4. The second kappa shape index (κ2) is 7.07. The highest BCUT2D eigenvalue weighted by atomic mass is 16.7. The summed E-state index contributed by atoms with van der Waals surface area (Å²) < 4.78 is 21.4. The van der Waals surface area contributed by atoms with Gasteiger partial charge in [-0.05, 0) is 17.7 Å². The number of amides is 1. The minimum atomic E-state index is -0.0848. The van der Waals surface area contributed by atoms with Gasteiger partial charge < -0.3 is 23.8 Å². The van der Waals surface area contributed by atoms with Crippen LogP contribution in [0.25, 0.3) is 0 Å². The van der Waals surface area contributed by atoms with E-state index in [1.54, 1.807) is 12.1 Å². The van der Waals surface area contributed by atoms with E-state index in [9.17, 15) is 4.79 Å². The molecule has 1 fully saturated rings. The molecule has 0 saturated carbocycles. The average Bonchev–Trinajstić information content (AvgIpc) is 3.31. The maximum atomic E-state index is 12.6. The zero-order valence-electron chi connectivity index (χ0n) is 14.4. The van der Waals surface area contributed by atoms with Gasteiger partial charge >= 0.3 is 0 Å². The molecule has 0 N–H and O–H groups in total. The lowest BCUT2D eigenvalue weighted by Gasteiger charge is -2.17. The smallest absolute Gasteiger partial charge is 0.233 e. The minimum absolute atomic E-state index is 0.0655. The first-order valence-corrected chi connectivity index (χ1v) is 8.42. The molecule has 2 aromatic rings. The van der Waals surface area contributed by atoms with Crippen molar-refractivity contribution in [2.75, 3.05) is 27.0 Å². The number of ether oxygens (including phenoxy) is 4. The van der Waals surface area contributed by atoms with E-state index in [1.807, 2.05) is 23.1 Å². The van der Waals surface area contributed by atoms with Gasteiger partial charge in [0, 0.05) is 25.1 Å². The highest BCUT2D eigenvalue weighted by Crippen LogP contribution is 2.32. The van der Waals surface area contributed by atoms with Crippen LogP contribution in [0.3, 0.4) is 0 Å². The first kappa shape index (κ1) is 16.4. The lowest BCUT2D eigenvalue weighted by molar-refractivity contribution is -0.129. The molecule has 0 bridgehead atoms. The Kier molecular flexibility index (Phi) is 4.47. The van der Waals surface area contributed by atoms with Crippen molar-refractivity contribution in [1.29, 1.82) is 0 Å². The summed E-state index contributed by atoms with van der Waals surface area (Å²) >= 11 is 0. The van der Waals surface area contributed by atoms with Crippen molar-refractivity contribution in [2.45, 2.75) is 18.9 Å². The van der Waals surface area contributed by atoms with Crippen LogP contribution in [0.1, 0.15) is 12.0 Å². The van der Waals surface area contributed by atoms with Crippen LogP contribution >= 0.6 is 0 Å². The van der Waals surface area contributed by atoms with Crippen LogP contribution < -0.4 is 18.9 Å². The van der Waals surface area contributed by atoms with Gasteiger partial charge in [-0.3, -0.25) is 4.79 Å². The van der Waals surface area contributed by atoms with Gasteiger partial charge in [-0.1, -0.05) is 6.07 Å². The summed E-state index contributed by atoms with van der Waals surface area (Å²) in [5.74, 6) is 2.34. The van der Waals surface area contributed by atoms with Crippen LogP contribution in [0.4, 0.5) is 0 Å². The lowest BCUT2D eigenvalue weighted by atomic mass is 10.1. The molecule has 0 spiro atoms. The number of benzene rings is 1. The van der Waals surface area contributed by atoms with Gasteiger partial charge in [0.2, 0.25) is 24.5 Å². The minimum Gasteiger partial charge on any atom is -0.480 e. The summed E-state index contributed by atoms with van der Waals surface area (Å²) in [6.07, 6.45) is 1.00. The van der Waals surface area contributed by atoms with Gasteiger partial charge in [-0.15, -0.1) is 10.2 Å². The Morgan fingerprint density at radius 3 is 2.81 bits per heavy atom. The van der Waals surface area contributed by atoms with E-state index in [0.29, 0.717) is 37.0 Å². The van der Waals surface area contributed by atoms with E-state index in [1.165, 1.54) is 7.11 Å². The van der Waals surface area contributed by atoms with E-state index in [4.69, 9.17) is 18.9 Å². The zero-order chi connectivity index (χ0) is 17.9. The Morgan fingerprint density at radius 2 is 2.00 bits per heavy atom. The predicted octanol–water partition coefficient (Wildman–Crippen LogP) is 1.44. The third-order valence-electron chi connectivity index (χ3n) is 4.40. The molecule has 136 valence electrons. The van der Waals surface area contributed by atoms with Crippen molar-refractivity contribution in [3.63, 3.8) is 0 Å². The Hall–Kier alpha value is -3.03. The van der Waals surface area contributed by atoms with Crippen molar-refractivity contribution >= 4 is 5.91 Å². The Bertz CT molecular complexity index is 796. The number of likely N-dealkylation sites (tertiary alicyclic amines) is 1. The van der Waals surface area contributed by atoms with Crippen LogP contribution in [0.5, 0.6) is 23.3 Å². The summed E-state index contributed by atoms with van der Waals surface area (Å²) in [6.45, 7) is 1.43. The molecule has 4 rings (SSSR count). The van der Waals surface area contributed by atoms with Gasteiger partial charge in [0.25, 0.3) is 0 Å². The maximum absolute atomic E-state index is 12.6. The highest BCUT2D eigenvalue weighted by molar-refractivity contribution is 5.79. The fraction of sp³-hybridized carbons (Fsp3) is 0.389. The monoisotopic (exact) mass is 357 g/mol. The quantitative estimate of drug-likeness (QED) is 0.800. The Balaban J connectivity index is 1.32. The van der Waals surface area contributed by atoms with E-state index < -0.39 is 0 Å². The van der Waals surface area contributed by atoms with E-state index >= 15 is 0 Å². The average molecular weight is 357 g/mol. The molecule has 2 aliphatic rings. The SMILES string of the molecule is COc1ccc(OC2CCN(C(=O)Cc3ccc4c(c3)OCO4)C2)nn1. The van der Waals surface area contributed by atoms with Crippen molar-refractivity contribution in [2.24, 2.45) is 0 Å². The largest absolute Gasteiger partial charge is 0.480 e. The van der Waals surface area contributed by atoms with Crippen LogP contribution in [0.2, 0.25) is 0 Å². The van der Waals surface area contributed by atoms with E-state index in [-0.39, 0.29) is 18.8 Å². The molecule has 0 aliphatic carbocycles. The molecule has 1 unspecified atom stereocenters. The van der Waals surface area contributed by atoms with Crippen LogP contribution in [-0.2, 0) is 11.2 Å². The number of methoxy groups -OCH3 is 1. The van der Waals surface area contributed by atoms with Gasteiger partial charge in [0.1, 0.15) is 6.10 Å². The fourth-order valence-corrected chi connectivity index (χ4v) is 3.04. The normalized spacial score (nSPS) is 18.0. The molecule has 8 heteroatoms. The molecule has 1 saturated heterocycles. The molecule has 2 aliphatic heterocycles. The van der Waals surface area contributed by atoms with Crippen molar-refractivity contribution < 1.29 is 23.7 Å². The van der Waals surface area contributed by atoms with Crippen molar-refractivity contribution in [1.82, 2.24) is 15.1 Å². The number of fused-ring (bicyclic) bond motifs is 1. The first-order chi connectivity index (χ1) is 12.7. The molecular formula is C18H19N3O5. The second-order valence-electron chi connectivity index (χ2n) is 6.15.